The summed E-state index contributed by atoms with van der Waals surface area (Å²) in [6.07, 6.45) is 0. The smallest absolute Gasteiger partial charge is 0.122 e. The predicted octanol–water partition coefficient (Wildman–Crippen LogP) is 2.46. The van der Waals surface area contributed by atoms with Crippen molar-refractivity contribution in [1.82, 2.24) is 5.32 Å². The number of benzene rings is 1. The Balaban J connectivity index is 2.70. The van der Waals surface area contributed by atoms with E-state index in [1.54, 1.807) is 21.3 Å². The molecule has 19 heavy (non-hydrogen) atoms. The molecule has 1 N–H and O–H groups in total. The maximum atomic E-state index is 5.27. The largest absolute Gasteiger partial charge is 0.497 e. The normalized spacial score (nSPS) is 12.5. The summed E-state index contributed by atoms with van der Waals surface area (Å²) in [6, 6.07) is 6.24. The molecular weight excluding hydrogens is 242 g/mol. The topological polar surface area (TPSA) is 39.7 Å². The zero-order chi connectivity index (χ0) is 14.3. The van der Waals surface area contributed by atoms with Crippen LogP contribution in [0.3, 0.4) is 0 Å². The Morgan fingerprint density at radius 2 is 1.58 bits per heavy atom. The van der Waals surface area contributed by atoms with Gasteiger partial charge in [0.2, 0.25) is 0 Å². The molecule has 1 aromatic carbocycles. The first-order valence-electron chi connectivity index (χ1n) is 6.55. The lowest BCUT2D eigenvalue weighted by Crippen LogP contribution is -2.37. The number of hydrogen-bond donors (Lipinski definition) is 1. The van der Waals surface area contributed by atoms with Crippen LogP contribution in [0.5, 0.6) is 11.5 Å². The van der Waals surface area contributed by atoms with Crippen LogP contribution in [0, 0.1) is 5.92 Å². The van der Waals surface area contributed by atoms with Crippen LogP contribution in [0.4, 0.5) is 0 Å². The average molecular weight is 267 g/mol. The highest BCUT2D eigenvalue weighted by Gasteiger charge is 2.12. The Labute approximate surface area is 116 Å². The lowest BCUT2D eigenvalue weighted by Gasteiger charge is -2.22. The Kier molecular flexibility index (Phi) is 6.67. The summed E-state index contributed by atoms with van der Waals surface area (Å²) >= 11 is 0. The SMILES string of the molecule is COCC(NCc1cc(OC)cc(OC)c1)C(C)C. The molecule has 0 aliphatic heterocycles. The lowest BCUT2D eigenvalue weighted by molar-refractivity contribution is 0.146. The van der Waals surface area contributed by atoms with Gasteiger partial charge in [0, 0.05) is 25.8 Å². The second-order valence-electron chi connectivity index (χ2n) is 4.91. The molecule has 1 atom stereocenters. The van der Waals surface area contributed by atoms with Gasteiger partial charge in [-0.05, 0) is 23.6 Å². The van der Waals surface area contributed by atoms with Crippen LogP contribution >= 0.6 is 0 Å². The molecule has 4 heteroatoms. The van der Waals surface area contributed by atoms with E-state index >= 15 is 0 Å². The van der Waals surface area contributed by atoms with Crippen molar-refractivity contribution in [2.24, 2.45) is 5.92 Å². The summed E-state index contributed by atoms with van der Waals surface area (Å²) in [4.78, 5) is 0. The van der Waals surface area contributed by atoms with Gasteiger partial charge >= 0.3 is 0 Å². The molecule has 0 aliphatic rings. The Hall–Kier alpha value is -1.26. The molecule has 1 unspecified atom stereocenters. The third-order valence-corrected chi connectivity index (χ3v) is 3.13. The molecule has 1 aromatic rings. The predicted molar refractivity (Wildman–Crippen MR) is 76.9 cm³/mol. The van der Waals surface area contributed by atoms with E-state index in [1.807, 2.05) is 18.2 Å². The highest BCUT2D eigenvalue weighted by Crippen LogP contribution is 2.22. The number of hydrogen-bond acceptors (Lipinski definition) is 4. The van der Waals surface area contributed by atoms with Crippen molar-refractivity contribution in [3.63, 3.8) is 0 Å². The summed E-state index contributed by atoms with van der Waals surface area (Å²) in [5.41, 5.74) is 1.14. The standard InChI is InChI=1S/C15H25NO3/c1-11(2)15(10-17-3)16-9-12-6-13(18-4)8-14(7-12)19-5/h6-8,11,15-16H,9-10H2,1-5H3. The summed E-state index contributed by atoms with van der Waals surface area (Å²) in [6.45, 7) is 5.84. The minimum absolute atomic E-state index is 0.335. The van der Waals surface area contributed by atoms with Crippen molar-refractivity contribution < 1.29 is 14.2 Å². The monoisotopic (exact) mass is 267 g/mol. The molecule has 0 amide bonds. The molecule has 0 spiro atoms. The fraction of sp³-hybridized carbons (Fsp3) is 0.600. The molecule has 0 saturated carbocycles. The fourth-order valence-electron chi connectivity index (χ4n) is 1.88. The number of rotatable bonds is 8. The summed E-state index contributed by atoms with van der Waals surface area (Å²) in [7, 11) is 5.05. The van der Waals surface area contributed by atoms with E-state index in [-0.39, 0.29) is 0 Å². The van der Waals surface area contributed by atoms with Gasteiger partial charge in [0.15, 0.2) is 0 Å². The summed E-state index contributed by atoms with van der Waals surface area (Å²) in [5, 5.41) is 3.50. The van der Waals surface area contributed by atoms with Crippen molar-refractivity contribution in [1.29, 1.82) is 0 Å². The van der Waals surface area contributed by atoms with Crippen molar-refractivity contribution >= 4 is 0 Å². The molecule has 4 nitrogen and oxygen atoms in total. The summed E-state index contributed by atoms with van der Waals surface area (Å²) < 4.78 is 15.8. The average Bonchev–Trinajstić information content (AvgIpc) is 2.42. The molecule has 0 heterocycles. The van der Waals surface area contributed by atoms with Crippen LogP contribution in [-0.2, 0) is 11.3 Å². The van der Waals surface area contributed by atoms with Crippen LogP contribution in [0.25, 0.3) is 0 Å². The van der Waals surface area contributed by atoms with Gasteiger partial charge < -0.3 is 19.5 Å². The van der Waals surface area contributed by atoms with Crippen molar-refractivity contribution in [2.45, 2.75) is 26.4 Å². The van der Waals surface area contributed by atoms with Gasteiger partial charge in [0.05, 0.1) is 20.8 Å². The van der Waals surface area contributed by atoms with Crippen LogP contribution < -0.4 is 14.8 Å². The van der Waals surface area contributed by atoms with E-state index in [4.69, 9.17) is 14.2 Å². The Morgan fingerprint density at radius 1 is 1.00 bits per heavy atom. The molecule has 1 rings (SSSR count). The first-order valence-corrected chi connectivity index (χ1v) is 6.55. The number of methoxy groups -OCH3 is 3. The molecule has 0 aliphatic carbocycles. The van der Waals surface area contributed by atoms with Gasteiger partial charge in [0.1, 0.15) is 11.5 Å². The molecule has 0 radical (unpaired) electrons. The molecular formula is C15H25NO3. The van der Waals surface area contributed by atoms with E-state index in [2.05, 4.69) is 19.2 Å². The minimum atomic E-state index is 0.335. The van der Waals surface area contributed by atoms with Gasteiger partial charge in [-0.1, -0.05) is 13.8 Å². The summed E-state index contributed by atoms with van der Waals surface area (Å²) in [5.74, 6) is 2.14. The van der Waals surface area contributed by atoms with Gasteiger partial charge in [0.25, 0.3) is 0 Å². The number of nitrogens with one attached hydrogen (secondary N) is 1. The van der Waals surface area contributed by atoms with Crippen LogP contribution in [0.2, 0.25) is 0 Å². The molecule has 0 fully saturated rings. The highest BCUT2D eigenvalue weighted by molar-refractivity contribution is 5.38. The molecule has 0 saturated heterocycles. The first kappa shape index (κ1) is 15.8. The van der Waals surface area contributed by atoms with Crippen LogP contribution in [0.15, 0.2) is 18.2 Å². The van der Waals surface area contributed by atoms with E-state index < -0.39 is 0 Å². The zero-order valence-corrected chi connectivity index (χ0v) is 12.5. The quantitative estimate of drug-likeness (QED) is 0.785. The third-order valence-electron chi connectivity index (χ3n) is 3.13. The first-order chi connectivity index (χ1) is 9.10. The van der Waals surface area contributed by atoms with E-state index in [0.29, 0.717) is 18.6 Å². The Bertz CT molecular complexity index is 357. The van der Waals surface area contributed by atoms with Gasteiger partial charge in [-0.2, -0.15) is 0 Å². The van der Waals surface area contributed by atoms with E-state index in [0.717, 1.165) is 23.6 Å². The third kappa shape index (κ3) is 5.09. The van der Waals surface area contributed by atoms with Gasteiger partial charge in [-0.3, -0.25) is 0 Å². The van der Waals surface area contributed by atoms with Crippen LogP contribution in [-0.4, -0.2) is 34.0 Å². The minimum Gasteiger partial charge on any atom is -0.497 e. The lowest BCUT2D eigenvalue weighted by atomic mass is 10.0. The van der Waals surface area contributed by atoms with E-state index in [9.17, 15) is 0 Å². The maximum absolute atomic E-state index is 5.27. The number of ether oxygens (including phenoxy) is 3. The molecule has 0 bridgehead atoms. The molecule has 0 aromatic heterocycles. The fourth-order valence-corrected chi connectivity index (χ4v) is 1.88. The highest BCUT2D eigenvalue weighted by atomic mass is 16.5. The second kappa shape index (κ2) is 8.02. The Morgan fingerprint density at radius 3 is 2.00 bits per heavy atom. The van der Waals surface area contributed by atoms with Gasteiger partial charge in [-0.25, -0.2) is 0 Å². The van der Waals surface area contributed by atoms with E-state index in [1.165, 1.54) is 0 Å². The van der Waals surface area contributed by atoms with Crippen LogP contribution in [0.1, 0.15) is 19.4 Å². The second-order valence-corrected chi connectivity index (χ2v) is 4.91. The molecule has 108 valence electrons. The maximum Gasteiger partial charge on any atom is 0.122 e. The zero-order valence-electron chi connectivity index (χ0n) is 12.5. The van der Waals surface area contributed by atoms with Crippen molar-refractivity contribution in [2.75, 3.05) is 27.9 Å². The van der Waals surface area contributed by atoms with Gasteiger partial charge in [-0.15, -0.1) is 0 Å². The van der Waals surface area contributed by atoms with Crippen molar-refractivity contribution in [3.8, 4) is 11.5 Å². The van der Waals surface area contributed by atoms with Crippen molar-refractivity contribution in [3.05, 3.63) is 23.8 Å².